The Morgan fingerprint density at radius 3 is 2.53 bits per heavy atom. The van der Waals surface area contributed by atoms with Gasteiger partial charge < -0.3 is 10.1 Å². The maximum atomic E-state index is 12.1. The Bertz CT molecular complexity index is 312. The first-order valence-corrected chi connectivity index (χ1v) is 8.25. The van der Waals surface area contributed by atoms with Crippen molar-refractivity contribution in [1.82, 2.24) is 5.32 Å². The van der Waals surface area contributed by atoms with Crippen LogP contribution in [0.15, 0.2) is 0 Å². The predicted octanol–water partition coefficient (Wildman–Crippen LogP) is 3.03. The summed E-state index contributed by atoms with van der Waals surface area (Å²) in [4.78, 5) is 12.1. The zero-order valence-electron chi connectivity index (χ0n) is 11.9. The average Bonchev–Trinajstić information content (AvgIpc) is 2.97. The molecule has 3 heteroatoms. The second-order valence-electron chi connectivity index (χ2n) is 6.73. The summed E-state index contributed by atoms with van der Waals surface area (Å²) in [5.74, 6) is 1.46. The van der Waals surface area contributed by atoms with Crippen molar-refractivity contribution in [3.8, 4) is 0 Å². The maximum Gasteiger partial charge on any atom is 0.323 e. The van der Waals surface area contributed by atoms with E-state index in [0.717, 1.165) is 12.3 Å². The third-order valence-corrected chi connectivity index (χ3v) is 5.37. The highest BCUT2D eigenvalue weighted by molar-refractivity contribution is 5.76. The molecule has 0 aromatic rings. The molecule has 19 heavy (non-hydrogen) atoms. The van der Waals surface area contributed by atoms with Gasteiger partial charge in [0.15, 0.2) is 0 Å². The van der Waals surface area contributed by atoms with Gasteiger partial charge >= 0.3 is 5.97 Å². The third kappa shape index (κ3) is 3.31. The molecule has 3 unspecified atom stereocenters. The summed E-state index contributed by atoms with van der Waals surface area (Å²) in [5.41, 5.74) is 0. The van der Waals surface area contributed by atoms with Gasteiger partial charge in [0.1, 0.15) is 6.04 Å². The number of nitrogens with one attached hydrogen (secondary N) is 1. The molecule has 3 aliphatic rings. The molecule has 0 bridgehead atoms. The lowest BCUT2D eigenvalue weighted by molar-refractivity contribution is -0.149. The Morgan fingerprint density at radius 2 is 1.68 bits per heavy atom. The first kappa shape index (κ1) is 13.4. The van der Waals surface area contributed by atoms with E-state index in [-0.39, 0.29) is 12.0 Å². The van der Waals surface area contributed by atoms with E-state index < -0.39 is 0 Å². The van der Waals surface area contributed by atoms with Gasteiger partial charge in [0.25, 0.3) is 0 Å². The second-order valence-corrected chi connectivity index (χ2v) is 6.73. The zero-order chi connectivity index (χ0) is 13.1. The van der Waals surface area contributed by atoms with Crippen molar-refractivity contribution in [1.29, 1.82) is 0 Å². The molecule has 3 atom stereocenters. The molecule has 0 amide bonds. The van der Waals surface area contributed by atoms with Gasteiger partial charge in [0, 0.05) is 6.04 Å². The monoisotopic (exact) mass is 265 g/mol. The highest BCUT2D eigenvalue weighted by atomic mass is 16.5. The van der Waals surface area contributed by atoms with Crippen molar-refractivity contribution >= 4 is 5.97 Å². The number of carbonyl (C=O) groups is 1. The molecule has 0 spiro atoms. The first-order chi connectivity index (χ1) is 9.33. The van der Waals surface area contributed by atoms with Crippen molar-refractivity contribution in [3.63, 3.8) is 0 Å². The summed E-state index contributed by atoms with van der Waals surface area (Å²) in [6.45, 7) is 0.658. The topological polar surface area (TPSA) is 38.3 Å². The number of carbonyl (C=O) groups excluding carboxylic acids is 1. The minimum atomic E-state index is -0.0271. The van der Waals surface area contributed by atoms with Crippen molar-refractivity contribution in [2.24, 2.45) is 11.8 Å². The number of fused-ring (bicyclic) bond motifs is 1. The van der Waals surface area contributed by atoms with Crippen molar-refractivity contribution < 1.29 is 9.53 Å². The van der Waals surface area contributed by atoms with Gasteiger partial charge in [-0.2, -0.15) is 0 Å². The van der Waals surface area contributed by atoms with Gasteiger partial charge in [-0.1, -0.05) is 25.7 Å². The van der Waals surface area contributed by atoms with Crippen LogP contribution in [0.5, 0.6) is 0 Å². The van der Waals surface area contributed by atoms with Crippen molar-refractivity contribution in [3.05, 3.63) is 0 Å². The molecule has 1 N–H and O–H groups in total. The van der Waals surface area contributed by atoms with Gasteiger partial charge in [0.2, 0.25) is 0 Å². The molecule has 3 rings (SSSR count). The van der Waals surface area contributed by atoms with E-state index in [4.69, 9.17) is 4.74 Å². The molecule has 0 radical (unpaired) electrons. The molecule has 3 nitrogen and oxygen atoms in total. The van der Waals surface area contributed by atoms with Crippen LogP contribution in [-0.2, 0) is 9.53 Å². The number of ether oxygens (including phenoxy) is 1. The molecule has 108 valence electrons. The van der Waals surface area contributed by atoms with Crippen LogP contribution in [0.2, 0.25) is 0 Å². The lowest BCUT2D eigenvalue weighted by Gasteiger charge is -2.39. The summed E-state index contributed by atoms with van der Waals surface area (Å²) in [7, 11) is 0. The Labute approximate surface area is 116 Å². The summed E-state index contributed by atoms with van der Waals surface area (Å²) in [5, 5.41) is 3.56. The average molecular weight is 265 g/mol. The number of hydrogen-bond acceptors (Lipinski definition) is 3. The fourth-order valence-electron chi connectivity index (χ4n) is 4.16. The van der Waals surface area contributed by atoms with Gasteiger partial charge in [-0.15, -0.1) is 0 Å². The largest absolute Gasteiger partial charge is 0.464 e. The number of hydrogen-bond donors (Lipinski definition) is 1. The van der Waals surface area contributed by atoms with E-state index >= 15 is 0 Å². The van der Waals surface area contributed by atoms with E-state index in [1.165, 1.54) is 57.8 Å². The summed E-state index contributed by atoms with van der Waals surface area (Å²) in [6.07, 6.45) is 12.6. The molecular formula is C16H27NO2. The third-order valence-electron chi connectivity index (χ3n) is 5.37. The van der Waals surface area contributed by atoms with Crippen LogP contribution in [0.4, 0.5) is 0 Å². The van der Waals surface area contributed by atoms with Gasteiger partial charge in [-0.3, -0.25) is 4.79 Å². The Morgan fingerprint density at radius 1 is 0.947 bits per heavy atom. The normalized spacial score (nSPS) is 35.9. The van der Waals surface area contributed by atoms with Crippen LogP contribution in [-0.4, -0.2) is 24.7 Å². The van der Waals surface area contributed by atoms with Gasteiger partial charge in [0.05, 0.1) is 6.61 Å². The summed E-state index contributed by atoms with van der Waals surface area (Å²) < 4.78 is 5.54. The molecule has 2 saturated carbocycles. The van der Waals surface area contributed by atoms with Gasteiger partial charge in [-0.05, 0) is 50.4 Å². The van der Waals surface area contributed by atoms with E-state index in [1.807, 2.05) is 0 Å². The quantitative estimate of drug-likeness (QED) is 0.797. The summed E-state index contributed by atoms with van der Waals surface area (Å²) in [6, 6.07) is 0.548. The zero-order valence-corrected chi connectivity index (χ0v) is 11.9. The molecule has 2 aliphatic carbocycles. The first-order valence-electron chi connectivity index (χ1n) is 8.25. The van der Waals surface area contributed by atoms with E-state index in [1.54, 1.807) is 0 Å². The molecular weight excluding hydrogens is 238 g/mol. The highest BCUT2D eigenvalue weighted by Crippen LogP contribution is 2.32. The minimum Gasteiger partial charge on any atom is -0.464 e. The van der Waals surface area contributed by atoms with Crippen LogP contribution < -0.4 is 5.32 Å². The lowest BCUT2D eigenvalue weighted by Crippen LogP contribution is -2.52. The van der Waals surface area contributed by atoms with E-state index in [2.05, 4.69) is 5.32 Å². The Kier molecular flexibility index (Phi) is 4.42. The minimum absolute atomic E-state index is 0.0101. The van der Waals surface area contributed by atoms with Crippen LogP contribution in [0.1, 0.15) is 64.2 Å². The molecule has 3 fully saturated rings. The molecule has 0 aromatic carbocycles. The molecule has 0 aromatic heterocycles. The van der Waals surface area contributed by atoms with E-state index in [0.29, 0.717) is 18.6 Å². The lowest BCUT2D eigenvalue weighted by atomic mass is 9.78. The fourth-order valence-corrected chi connectivity index (χ4v) is 4.16. The predicted molar refractivity (Wildman–Crippen MR) is 74.8 cm³/mol. The summed E-state index contributed by atoms with van der Waals surface area (Å²) >= 11 is 0. The molecule has 1 aliphatic heterocycles. The number of rotatable bonds is 3. The maximum absolute atomic E-state index is 12.1. The smallest absolute Gasteiger partial charge is 0.323 e. The standard InChI is InChI=1S/C16H27NO2/c18-16(19-11-12-5-1-2-6-12)15-10-9-13-7-3-4-8-14(13)17-15/h12-15,17H,1-11H2. The Hall–Kier alpha value is -0.570. The number of esters is 1. The second kappa shape index (κ2) is 6.25. The molecule has 1 heterocycles. The van der Waals surface area contributed by atoms with Gasteiger partial charge in [-0.25, -0.2) is 0 Å². The molecule has 1 saturated heterocycles. The van der Waals surface area contributed by atoms with Crippen LogP contribution in [0, 0.1) is 11.8 Å². The fraction of sp³-hybridized carbons (Fsp3) is 0.938. The van der Waals surface area contributed by atoms with Crippen molar-refractivity contribution in [2.75, 3.05) is 6.61 Å². The van der Waals surface area contributed by atoms with Crippen LogP contribution in [0.25, 0.3) is 0 Å². The Balaban J connectivity index is 1.44. The van der Waals surface area contributed by atoms with Crippen LogP contribution >= 0.6 is 0 Å². The van der Waals surface area contributed by atoms with Crippen molar-refractivity contribution in [2.45, 2.75) is 76.3 Å². The van der Waals surface area contributed by atoms with E-state index in [9.17, 15) is 4.79 Å². The highest BCUT2D eigenvalue weighted by Gasteiger charge is 2.35. The number of piperidine rings is 1. The SMILES string of the molecule is O=C(OCC1CCCC1)C1CCC2CCCCC2N1. The van der Waals surface area contributed by atoms with Crippen LogP contribution in [0.3, 0.4) is 0 Å².